The number of carbonyl (C=O) groups is 1. The second-order valence-corrected chi connectivity index (χ2v) is 6.04. The van der Waals surface area contributed by atoms with Gasteiger partial charge in [0, 0.05) is 5.56 Å². The summed E-state index contributed by atoms with van der Waals surface area (Å²) in [5.74, 6) is -0.188. The highest BCUT2D eigenvalue weighted by Gasteiger charge is 2.21. The van der Waals surface area contributed by atoms with Gasteiger partial charge >= 0.3 is 5.97 Å². The lowest BCUT2D eigenvalue weighted by molar-refractivity contribution is 0.0696. The molecule has 0 amide bonds. The van der Waals surface area contributed by atoms with Crippen LogP contribution in [-0.4, -0.2) is 11.1 Å². The maximum absolute atomic E-state index is 11.1. The fourth-order valence-corrected chi connectivity index (χ4v) is 2.11. The number of hydrogen-bond acceptors (Lipinski definition) is 2. The van der Waals surface area contributed by atoms with Gasteiger partial charge in [0.15, 0.2) is 0 Å². The number of hydrogen-bond donors (Lipinski definition) is 1. The van der Waals surface area contributed by atoms with Gasteiger partial charge < -0.3 is 9.84 Å². The van der Waals surface area contributed by atoms with Crippen LogP contribution in [0.1, 0.15) is 42.3 Å². The molecular formula is C18H20O3. The summed E-state index contributed by atoms with van der Waals surface area (Å²) in [6.07, 6.45) is 0. The quantitative estimate of drug-likeness (QED) is 0.912. The van der Waals surface area contributed by atoms with Gasteiger partial charge in [-0.3, -0.25) is 0 Å². The van der Waals surface area contributed by atoms with Crippen molar-refractivity contribution in [3.63, 3.8) is 0 Å². The van der Waals surface area contributed by atoms with Gasteiger partial charge in [0.2, 0.25) is 0 Å². The van der Waals surface area contributed by atoms with Crippen LogP contribution in [0.3, 0.4) is 0 Å². The molecule has 0 saturated heterocycles. The molecule has 0 atom stereocenters. The SMILES string of the molecule is CC(C)(C)c1cc(C(=O)O)ccc1OCc1ccccc1. The van der Waals surface area contributed by atoms with Gasteiger partial charge in [0.25, 0.3) is 0 Å². The van der Waals surface area contributed by atoms with E-state index in [9.17, 15) is 4.79 Å². The zero-order valence-electron chi connectivity index (χ0n) is 12.6. The lowest BCUT2D eigenvalue weighted by Gasteiger charge is -2.23. The zero-order valence-corrected chi connectivity index (χ0v) is 12.6. The van der Waals surface area contributed by atoms with Crippen molar-refractivity contribution in [1.29, 1.82) is 0 Å². The molecule has 110 valence electrons. The smallest absolute Gasteiger partial charge is 0.335 e. The van der Waals surface area contributed by atoms with Crippen LogP contribution in [0, 0.1) is 0 Å². The van der Waals surface area contributed by atoms with Gasteiger partial charge in [-0.15, -0.1) is 0 Å². The van der Waals surface area contributed by atoms with E-state index in [0.29, 0.717) is 6.61 Å². The predicted molar refractivity (Wildman–Crippen MR) is 82.9 cm³/mol. The molecule has 0 unspecified atom stereocenters. The van der Waals surface area contributed by atoms with Crippen LogP contribution < -0.4 is 4.74 Å². The Hall–Kier alpha value is -2.29. The zero-order chi connectivity index (χ0) is 15.5. The molecule has 0 spiro atoms. The standard InChI is InChI=1S/C18H20O3/c1-18(2,3)15-11-14(17(19)20)9-10-16(15)21-12-13-7-5-4-6-8-13/h4-11H,12H2,1-3H3,(H,19,20). The summed E-state index contributed by atoms with van der Waals surface area (Å²) in [4.78, 5) is 11.1. The molecule has 0 saturated carbocycles. The van der Waals surface area contributed by atoms with Crippen LogP contribution in [-0.2, 0) is 12.0 Å². The van der Waals surface area contributed by atoms with Crippen LogP contribution in [0.15, 0.2) is 48.5 Å². The van der Waals surface area contributed by atoms with Crippen LogP contribution in [0.25, 0.3) is 0 Å². The van der Waals surface area contributed by atoms with Gasteiger partial charge in [0.05, 0.1) is 5.56 Å². The van der Waals surface area contributed by atoms with Crippen molar-refractivity contribution >= 4 is 5.97 Å². The van der Waals surface area contributed by atoms with Gasteiger partial charge in [-0.1, -0.05) is 51.1 Å². The van der Waals surface area contributed by atoms with E-state index in [1.54, 1.807) is 18.2 Å². The number of carboxylic acid groups (broad SMARTS) is 1. The molecule has 0 aromatic heterocycles. The van der Waals surface area contributed by atoms with Crippen molar-refractivity contribution < 1.29 is 14.6 Å². The summed E-state index contributed by atoms with van der Waals surface area (Å²) in [6.45, 7) is 6.60. The number of carboxylic acids is 1. The lowest BCUT2D eigenvalue weighted by Crippen LogP contribution is -2.15. The van der Waals surface area contributed by atoms with E-state index in [0.717, 1.165) is 16.9 Å². The molecule has 0 aliphatic carbocycles. The first-order chi connectivity index (χ1) is 9.88. The fraction of sp³-hybridized carbons (Fsp3) is 0.278. The largest absolute Gasteiger partial charge is 0.489 e. The topological polar surface area (TPSA) is 46.5 Å². The minimum Gasteiger partial charge on any atom is -0.489 e. The Labute approximate surface area is 125 Å². The summed E-state index contributed by atoms with van der Waals surface area (Å²) in [5, 5.41) is 9.13. The normalized spacial score (nSPS) is 11.2. The predicted octanol–water partition coefficient (Wildman–Crippen LogP) is 4.26. The average molecular weight is 284 g/mol. The number of benzene rings is 2. The third-order valence-electron chi connectivity index (χ3n) is 3.27. The molecule has 2 aromatic rings. The Balaban J connectivity index is 2.28. The fourth-order valence-electron chi connectivity index (χ4n) is 2.11. The first-order valence-corrected chi connectivity index (χ1v) is 6.92. The first kappa shape index (κ1) is 15.1. The summed E-state index contributed by atoms with van der Waals surface area (Å²) < 4.78 is 5.89. The maximum atomic E-state index is 11.1. The molecule has 0 heterocycles. The molecular weight excluding hydrogens is 264 g/mol. The molecule has 1 N–H and O–H groups in total. The van der Waals surface area contributed by atoms with Crippen LogP contribution in [0.2, 0.25) is 0 Å². The number of rotatable bonds is 4. The van der Waals surface area contributed by atoms with Crippen molar-refractivity contribution in [2.24, 2.45) is 0 Å². The minimum atomic E-state index is -0.921. The van der Waals surface area contributed by atoms with Crippen molar-refractivity contribution in [2.75, 3.05) is 0 Å². The lowest BCUT2D eigenvalue weighted by atomic mass is 9.85. The first-order valence-electron chi connectivity index (χ1n) is 6.92. The van der Waals surface area contributed by atoms with Gasteiger partial charge in [-0.05, 0) is 29.2 Å². The summed E-state index contributed by atoms with van der Waals surface area (Å²) in [6, 6.07) is 14.9. The third kappa shape index (κ3) is 3.85. The van der Waals surface area contributed by atoms with E-state index in [2.05, 4.69) is 0 Å². The molecule has 2 aromatic carbocycles. The molecule has 0 aliphatic rings. The Morgan fingerprint density at radius 2 is 1.76 bits per heavy atom. The summed E-state index contributed by atoms with van der Waals surface area (Å²) >= 11 is 0. The molecule has 21 heavy (non-hydrogen) atoms. The van der Waals surface area contributed by atoms with Crippen molar-refractivity contribution in [2.45, 2.75) is 32.8 Å². The van der Waals surface area contributed by atoms with Gasteiger partial charge in [0.1, 0.15) is 12.4 Å². The van der Waals surface area contributed by atoms with E-state index in [4.69, 9.17) is 9.84 Å². The van der Waals surface area contributed by atoms with E-state index in [1.165, 1.54) is 0 Å². The van der Waals surface area contributed by atoms with E-state index in [-0.39, 0.29) is 11.0 Å². The Morgan fingerprint density at radius 1 is 1.10 bits per heavy atom. The van der Waals surface area contributed by atoms with E-state index >= 15 is 0 Å². The van der Waals surface area contributed by atoms with E-state index < -0.39 is 5.97 Å². The number of ether oxygens (including phenoxy) is 1. The number of aromatic carboxylic acids is 1. The second kappa shape index (κ2) is 6.00. The van der Waals surface area contributed by atoms with Gasteiger partial charge in [-0.25, -0.2) is 4.79 Å². The molecule has 0 bridgehead atoms. The Morgan fingerprint density at radius 3 is 2.33 bits per heavy atom. The van der Waals surface area contributed by atoms with Crippen molar-refractivity contribution in [1.82, 2.24) is 0 Å². The van der Waals surface area contributed by atoms with Crippen LogP contribution in [0.5, 0.6) is 5.75 Å². The highest BCUT2D eigenvalue weighted by molar-refractivity contribution is 5.88. The maximum Gasteiger partial charge on any atom is 0.335 e. The van der Waals surface area contributed by atoms with Gasteiger partial charge in [-0.2, -0.15) is 0 Å². The molecule has 0 fully saturated rings. The average Bonchev–Trinajstić information content (AvgIpc) is 2.45. The third-order valence-corrected chi connectivity index (χ3v) is 3.27. The van der Waals surface area contributed by atoms with Crippen LogP contribution in [0.4, 0.5) is 0 Å². The highest BCUT2D eigenvalue weighted by atomic mass is 16.5. The molecule has 3 nitrogen and oxygen atoms in total. The molecule has 3 heteroatoms. The monoisotopic (exact) mass is 284 g/mol. The van der Waals surface area contributed by atoms with Crippen LogP contribution >= 0.6 is 0 Å². The van der Waals surface area contributed by atoms with E-state index in [1.807, 2.05) is 51.1 Å². The second-order valence-electron chi connectivity index (χ2n) is 6.04. The molecule has 0 radical (unpaired) electrons. The molecule has 2 rings (SSSR count). The Bertz CT molecular complexity index is 625. The Kier molecular flexibility index (Phi) is 4.32. The highest BCUT2D eigenvalue weighted by Crippen LogP contribution is 2.32. The summed E-state index contributed by atoms with van der Waals surface area (Å²) in [7, 11) is 0. The molecule has 0 aliphatic heterocycles. The summed E-state index contributed by atoms with van der Waals surface area (Å²) in [5.41, 5.74) is 2.09. The van der Waals surface area contributed by atoms with Crippen molar-refractivity contribution in [3.05, 3.63) is 65.2 Å². The minimum absolute atomic E-state index is 0.183. The van der Waals surface area contributed by atoms with Crippen molar-refractivity contribution in [3.8, 4) is 5.75 Å².